The summed E-state index contributed by atoms with van der Waals surface area (Å²) in [7, 11) is 0. The normalized spacial score (nSPS) is 17.8. The Morgan fingerprint density at radius 2 is 1.96 bits per heavy atom. The molecule has 2 N–H and O–H groups in total. The predicted octanol–water partition coefficient (Wildman–Crippen LogP) is 2.72. The number of carbonyl (C=O) groups is 2. The molecule has 2 heterocycles. The average molecular weight is 342 g/mol. The number of aryl methyl sites for hydroxylation is 2. The average Bonchev–Trinajstić information content (AvgIpc) is 2.96. The lowest BCUT2D eigenvalue weighted by Crippen LogP contribution is -2.51. The number of piperidine rings is 1. The smallest absolute Gasteiger partial charge is 0.274 e. The Balaban J connectivity index is 1.98. The van der Waals surface area contributed by atoms with Gasteiger partial charge in [0.05, 0.1) is 9.88 Å². The molecule has 1 aromatic heterocycles. The summed E-state index contributed by atoms with van der Waals surface area (Å²) in [5.41, 5.74) is 7.99. The van der Waals surface area contributed by atoms with Gasteiger partial charge in [0.15, 0.2) is 0 Å². The summed E-state index contributed by atoms with van der Waals surface area (Å²) in [5, 5.41) is 0.825. The zero-order chi connectivity index (χ0) is 17.3. The first kappa shape index (κ1) is 16.6. The van der Waals surface area contributed by atoms with E-state index in [-0.39, 0.29) is 5.91 Å². The summed E-state index contributed by atoms with van der Waals surface area (Å²) in [6, 6.07) is 7.36. The molecule has 1 aliphatic heterocycles. The molecule has 1 aromatic carbocycles. The maximum atomic E-state index is 13.0. The number of benzene rings is 1. The second kappa shape index (κ2) is 6.73. The highest BCUT2D eigenvalue weighted by Gasteiger charge is 2.33. The molecule has 0 aliphatic carbocycles. The second-order valence-electron chi connectivity index (χ2n) is 6.00. The second-order valence-corrected chi connectivity index (χ2v) is 7.20. The Bertz CT molecular complexity index is 767. The molecule has 6 heteroatoms. The zero-order valence-corrected chi connectivity index (χ0v) is 14.6. The highest BCUT2D eigenvalue weighted by Crippen LogP contribution is 2.32. The van der Waals surface area contributed by atoms with Crippen LogP contribution >= 0.6 is 11.3 Å². The zero-order valence-electron chi connectivity index (χ0n) is 13.8. The van der Waals surface area contributed by atoms with Crippen LogP contribution in [0.3, 0.4) is 0 Å². The minimum atomic E-state index is -0.654. The van der Waals surface area contributed by atoms with Crippen molar-refractivity contribution in [1.82, 2.24) is 9.88 Å². The Morgan fingerprint density at radius 1 is 1.25 bits per heavy atom. The van der Waals surface area contributed by atoms with Crippen LogP contribution in [0, 0.1) is 20.3 Å². The van der Waals surface area contributed by atoms with Gasteiger partial charge in [0.2, 0.25) is 5.91 Å². The van der Waals surface area contributed by atoms with E-state index in [1.54, 1.807) is 0 Å². The van der Waals surface area contributed by atoms with Crippen molar-refractivity contribution in [3.05, 3.63) is 47.0 Å². The minimum absolute atomic E-state index is 0.227. The lowest BCUT2D eigenvalue weighted by atomic mass is 10.0. The van der Waals surface area contributed by atoms with E-state index in [1.165, 1.54) is 16.2 Å². The van der Waals surface area contributed by atoms with Gasteiger partial charge in [-0.3, -0.25) is 9.59 Å². The molecule has 3 rings (SSSR count). The molecule has 0 bridgehead atoms. The molecule has 1 fully saturated rings. The molecular formula is C18H20N3O2S. The number of hydrogen-bond acceptors (Lipinski definition) is 4. The highest BCUT2D eigenvalue weighted by atomic mass is 32.1. The van der Waals surface area contributed by atoms with Crippen LogP contribution in [0.5, 0.6) is 0 Å². The number of thiazole rings is 1. The first-order valence-corrected chi connectivity index (χ1v) is 8.77. The van der Waals surface area contributed by atoms with Gasteiger partial charge >= 0.3 is 0 Å². The first-order valence-electron chi connectivity index (χ1n) is 7.95. The van der Waals surface area contributed by atoms with Gasteiger partial charge in [-0.25, -0.2) is 4.98 Å². The maximum absolute atomic E-state index is 13.0. The van der Waals surface area contributed by atoms with Crippen LogP contribution < -0.4 is 5.73 Å². The number of amides is 2. The molecule has 2 aromatic rings. The molecule has 1 unspecified atom stereocenters. The lowest BCUT2D eigenvalue weighted by Gasteiger charge is -2.33. The van der Waals surface area contributed by atoms with E-state index in [1.807, 2.05) is 44.5 Å². The summed E-state index contributed by atoms with van der Waals surface area (Å²) in [6.07, 6.45) is 3.44. The molecular weight excluding hydrogens is 322 g/mol. The molecule has 1 saturated heterocycles. The van der Waals surface area contributed by atoms with E-state index in [4.69, 9.17) is 5.73 Å². The fourth-order valence-corrected chi connectivity index (χ4v) is 3.83. The van der Waals surface area contributed by atoms with E-state index in [0.29, 0.717) is 12.2 Å². The summed E-state index contributed by atoms with van der Waals surface area (Å²) in [6.45, 7) is 4.43. The van der Waals surface area contributed by atoms with Crippen molar-refractivity contribution >= 4 is 23.2 Å². The van der Waals surface area contributed by atoms with Crippen molar-refractivity contribution in [3.63, 3.8) is 0 Å². The molecule has 1 aliphatic rings. The number of aromatic nitrogens is 1. The molecule has 5 nitrogen and oxygen atoms in total. The topological polar surface area (TPSA) is 76.3 Å². The van der Waals surface area contributed by atoms with Crippen LogP contribution in [0.2, 0.25) is 0 Å². The number of nitrogens with two attached hydrogens (primary N) is 1. The summed E-state index contributed by atoms with van der Waals surface area (Å²) in [5.74, 6) is -0.721. The van der Waals surface area contributed by atoms with Gasteiger partial charge in [-0.2, -0.15) is 0 Å². The summed E-state index contributed by atoms with van der Waals surface area (Å²) in [4.78, 5) is 31.5. The highest BCUT2D eigenvalue weighted by molar-refractivity contribution is 7.15. The third-order valence-electron chi connectivity index (χ3n) is 4.13. The quantitative estimate of drug-likeness (QED) is 0.932. The van der Waals surface area contributed by atoms with Gasteiger partial charge in [-0.05, 0) is 38.7 Å². The Labute approximate surface area is 145 Å². The van der Waals surface area contributed by atoms with Crippen LogP contribution in [-0.4, -0.2) is 34.3 Å². The predicted molar refractivity (Wildman–Crippen MR) is 94.6 cm³/mol. The van der Waals surface area contributed by atoms with Crippen LogP contribution in [0.15, 0.2) is 24.3 Å². The summed E-state index contributed by atoms with van der Waals surface area (Å²) >= 11 is 1.49. The Morgan fingerprint density at radius 3 is 2.62 bits per heavy atom. The molecule has 0 saturated carbocycles. The van der Waals surface area contributed by atoms with Crippen molar-refractivity contribution < 1.29 is 9.59 Å². The third-order valence-corrected chi connectivity index (χ3v) is 5.15. The van der Waals surface area contributed by atoms with Crippen molar-refractivity contribution in [1.29, 1.82) is 0 Å². The molecule has 1 radical (unpaired) electrons. The molecule has 24 heavy (non-hydrogen) atoms. The SMILES string of the molecule is Cc1ccc(-c2sc(C)nc2C(=O)N2CCC[CH]C2C(N)=O)cc1. The molecule has 125 valence electrons. The fraction of sp³-hybridized carbons (Fsp3) is 0.333. The van der Waals surface area contributed by atoms with Gasteiger partial charge in [0, 0.05) is 6.54 Å². The van der Waals surface area contributed by atoms with Crippen molar-refractivity contribution in [2.45, 2.75) is 32.7 Å². The Hall–Kier alpha value is -2.21. The van der Waals surface area contributed by atoms with Gasteiger partial charge < -0.3 is 10.6 Å². The molecule has 2 amide bonds. The van der Waals surface area contributed by atoms with Crippen molar-refractivity contribution in [2.24, 2.45) is 5.73 Å². The van der Waals surface area contributed by atoms with Gasteiger partial charge in [0.25, 0.3) is 5.91 Å². The van der Waals surface area contributed by atoms with Crippen molar-refractivity contribution in [2.75, 3.05) is 6.54 Å². The number of carbonyl (C=O) groups excluding carboxylic acids is 2. The standard InChI is InChI=1S/C18H20N3O2S/c1-11-6-8-13(9-7-11)16-15(20-12(2)24-16)18(23)21-10-4-3-5-14(21)17(19)22/h5-9,14H,3-4,10H2,1-2H3,(H2,19,22). The van der Waals surface area contributed by atoms with Crippen LogP contribution in [-0.2, 0) is 4.79 Å². The van der Waals surface area contributed by atoms with Gasteiger partial charge in [-0.15, -0.1) is 11.3 Å². The number of nitrogens with zero attached hydrogens (tertiary/aromatic N) is 2. The van der Waals surface area contributed by atoms with Crippen molar-refractivity contribution in [3.8, 4) is 10.4 Å². The minimum Gasteiger partial charge on any atom is -0.368 e. The first-order chi connectivity index (χ1) is 11.5. The maximum Gasteiger partial charge on any atom is 0.274 e. The van der Waals surface area contributed by atoms with E-state index in [2.05, 4.69) is 4.98 Å². The van der Waals surface area contributed by atoms with Crippen LogP contribution in [0.4, 0.5) is 0 Å². The lowest BCUT2D eigenvalue weighted by molar-refractivity contribution is -0.121. The van der Waals surface area contributed by atoms with Crippen LogP contribution in [0.1, 0.15) is 33.9 Å². The largest absolute Gasteiger partial charge is 0.368 e. The van der Waals surface area contributed by atoms with E-state index in [9.17, 15) is 9.59 Å². The number of primary amides is 1. The summed E-state index contributed by atoms with van der Waals surface area (Å²) < 4.78 is 0. The Kier molecular flexibility index (Phi) is 4.66. The van der Waals surface area contributed by atoms with Gasteiger partial charge in [-0.1, -0.05) is 29.8 Å². The monoisotopic (exact) mass is 342 g/mol. The van der Waals surface area contributed by atoms with E-state index in [0.717, 1.165) is 33.9 Å². The number of rotatable bonds is 3. The van der Waals surface area contributed by atoms with E-state index < -0.39 is 11.9 Å². The number of likely N-dealkylation sites (tertiary alicyclic amines) is 1. The number of hydrogen-bond donors (Lipinski definition) is 1. The fourth-order valence-electron chi connectivity index (χ4n) is 2.91. The molecule has 1 atom stereocenters. The third kappa shape index (κ3) is 3.19. The van der Waals surface area contributed by atoms with Crippen LogP contribution in [0.25, 0.3) is 10.4 Å². The molecule has 0 spiro atoms. The van der Waals surface area contributed by atoms with Gasteiger partial charge in [0.1, 0.15) is 11.7 Å². The van der Waals surface area contributed by atoms with E-state index >= 15 is 0 Å².